The van der Waals surface area contributed by atoms with E-state index in [4.69, 9.17) is 18.9 Å². The number of methoxy groups -OCH3 is 2. The Bertz CT molecular complexity index is 400. The lowest BCUT2D eigenvalue weighted by Crippen LogP contribution is -2.25. The molecule has 0 amide bonds. The van der Waals surface area contributed by atoms with Crippen molar-refractivity contribution < 1.29 is 24.1 Å². The van der Waals surface area contributed by atoms with E-state index >= 15 is 0 Å². The number of aliphatic hydroxyl groups is 1. The van der Waals surface area contributed by atoms with Gasteiger partial charge in [0.25, 0.3) is 0 Å². The van der Waals surface area contributed by atoms with Crippen molar-refractivity contribution in [1.29, 1.82) is 0 Å². The molecule has 21 heavy (non-hydrogen) atoms. The number of ether oxygens (including phenoxy) is 4. The Morgan fingerprint density at radius 3 is 2.57 bits per heavy atom. The molecule has 6 nitrogen and oxygen atoms in total. The van der Waals surface area contributed by atoms with Crippen LogP contribution in [0.1, 0.15) is 6.92 Å². The molecule has 2 N–H and O–H groups in total. The molecule has 0 aliphatic heterocycles. The van der Waals surface area contributed by atoms with Crippen LogP contribution in [-0.2, 0) is 9.47 Å². The van der Waals surface area contributed by atoms with Crippen LogP contribution in [0.5, 0.6) is 11.5 Å². The summed E-state index contributed by atoms with van der Waals surface area (Å²) in [6, 6.07) is 5.46. The molecule has 0 spiro atoms. The highest BCUT2D eigenvalue weighted by atomic mass is 16.5. The van der Waals surface area contributed by atoms with Crippen LogP contribution >= 0.6 is 0 Å². The van der Waals surface area contributed by atoms with Crippen LogP contribution in [0.3, 0.4) is 0 Å². The van der Waals surface area contributed by atoms with Crippen molar-refractivity contribution in [3.05, 3.63) is 18.2 Å². The molecule has 1 aromatic rings. The van der Waals surface area contributed by atoms with Gasteiger partial charge in [0.15, 0.2) is 0 Å². The van der Waals surface area contributed by atoms with E-state index in [-0.39, 0.29) is 6.61 Å². The van der Waals surface area contributed by atoms with Gasteiger partial charge in [0.05, 0.1) is 45.8 Å². The maximum Gasteiger partial charge on any atom is 0.145 e. The maximum absolute atomic E-state index is 9.84. The molecule has 1 unspecified atom stereocenters. The largest absolute Gasteiger partial charge is 0.497 e. The molecule has 0 aliphatic rings. The van der Waals surface area contributed by atoms with Crippen molar-refractivity contribution in [2.75, 3.05) is 52.5 Å². The van der Waals surface area contributed by atoms with Crippen molar-refractivity contribution in [2.24, 2.45) is 0 Å². The molecule has 0 heterocycles. The first-order valence-corrected chi connectivity index (χ1v) is 7.00. The summed E-state index contributed by atoms with van der Waals surface area (Å²) in [5.74, 6) is 1.39. The van der Waals surface area contributed by atoms with Gasteiger partial charge in [-0.25, -0.2) is 0 Å². The minimum atomic E-state index is -0.599. The van der Waals surface area contributed by atoms with Gasteiger partial charge in [0.1, 0.15) is 11.5 Å². The first kappa shape index (κ1) is 17.6. The van der Waals surface area contributed by atoms with Gasteiger partial charge in [0.2, 0.25) is 0 Å². The lowest BCUT2D eigenvalue weighted by molar-refractivity contribution is 0.0103. The van der Waals surface area contributed by atoms with Crippen LogP contribution in [0.2, 0.25) is 0 Å². The third kappa shape index (κ3) is 6.66. The molecular formula is C15H25NO5. The quantitative estimate of drug-likeness (QED) is 0.604. The van der Waals surface area contributed by atoms with E-state index in [1.54, 1.807) is 20.3 Å². The third-order valence-corrected chi connectivity index (χ3v) is 2.82. The molecule has 6 heteroatoms. The molecule has 0 saturated heterocycles. The van der Waals surface area contributed by atoms with Crippen LogP contribution in [0.25, 0.3) is 0 Å². The molecule has 0 saturated carbocycles. The Kier molecular flexibility index (Phi) is 8.57. The number of hydrogen-bond donors (Lipinski definition) is 2. The number of rotatable bonds is 11. The molecule has 0 aliphatic carbocycles. The van der Waals surface area contributed by atoms with Crippen molar-refractivity contribution in [1.82, 2.24) is 0 Å². The van der Waals surface area contributed by atoms with E-state index in [0.29, 0.717) is 32.1 Å². The predicted octanol–water partition coefficient (Wildman–Crippen LogP) is 1.53. The highest BCUT2D eigenvalue weighted by molar-refractivity contribution is 5.59. The zero-order valence-electron chi connectivity index (χ0n) is 12.9. The van der Waals surface area contributed by atoms with Gasteiger partial charge in [-0.2, -0.15) is 0 Å². The molecular weight excluding hydrogens is 274 g/mol. The van der Waals surface area contributed by atoms with Gasteiger partial charge in [-0.05, 0) is 19.1 Å². The highest BCUT2D eigenvalue weighted by Crippen LogP contribution is 2.28. The van der Waals surface area contributed by atoms with Gasteiger partial charge < -0.3 is 29.4 Å². The third-order valence-electron chi connectivity index (χ3n) is 2.82. The highest BCUT2D eigenvalue weighted by Gasteiger charge is 2.08. The van der Waals surface area contributed by atoms with E-state index < -0.39 is 6.10 Å². The summed E-state index contributed by atoms with van der Waals surface area (Å²) in [5.41, 5.74) is 0.798. The van der Waals surface area contributed by atoms with Crippen LogP contribution in [0.15, 0.2) is 18.2 Å². The number of benzene rings is 1. The predicted molar refractivity (Wildman–Crippen MR) is 81.4 cm³/mol. The smallest absolute Gasteiger partial charge is 0.145 e. The van der Waals surface area contributed by atoms with Crippen LogP contribution in [-0.4, -0.2) is 58.4 Å². The maximum atomic E-state index is 9.84. The van der Waals surface area contributed by atoms with E-state index in [2.05, 4.69) is 5.32 Å². The Balaban J connectivity index is 2.33. The van der Waals surface area contributed by atoms with Crippen molar-refractivity contribution >= 4 is 5.69 Å². The SMILES string of the molecule is CCOCCOCC(O)CNc1ccc(OC)cc1OC. The first-order chi connectivity index (χ1) is 10.2. The first-order valence-electron chi connectivity index (χ1n) is 7.00. The Morgan fingerprint density at radius 1 is 1.14 bits per heavy atom. The fourth-order valence-corrected chi connectivity index (χ4v) is 1.71. The van der Waals surface area contributed by atoms with Crippen LogP contribution < -0.4 is 14.8 Å². The minimum absolute atomic E-state index is 0.262. The summed E-state index contributed by atoms with van der Waals surface area (Å²) in [7, 11) is 3.19. The van der Waals surface area contributed by atoms with Crippen molar-refractivity contribution in [2.45, 2.75) is 13.0 Å². The normalized spacial score (nSPS) is 12.0. The summed E-state index contributed by atoms with van der Waals surface area (Å²) < 4.78 is 20.9. The van der Waals surface area contributed by atoms with Gasteiger partial charge in [0, 0.05) is 19.2 Å². The lowest BCUT2D eigenvalue weighted by atomic mass is 10.2. The zero-order valence-corrected chi connectivity index (χ0v) is 12.9. The Hall–Kier alpha value is -1.50. The van der Waals surface area contributed by atoms with Crippen molar-refractivity contribution in [3.8, 4) is 11.5 Å². The minimum Gasteiger partial charge on any atom is -0.497 e. The summed E-state index contributed by atoms with van der Waals surface area (Å²) in [5, 5.41) is 13.0. The summed E-state index contributed by atoms with van der Waals surface area (Å²) in [6.07, 6.45) is -0.599. The molecule has 0 radical (unpaired) electrons. The fourth-order valence-electron chi connectivity index (χ4n) is 1.71. The Morgan fingerprint density at radius 2 is 1.90 bits per heavy atom. The number of anilines is 1. The number of aliphatic hydroxyl groups excluding tert-OH is 1. The molecule has 0 fully saturated rings. The van der Waals surface area contributed by atoms with Crippen molar-refractivity contribution in [3.63, 3.8) is 0 Å². The van der Waals surface area contributed by atoms with Gasteiger partial charge in [-0.1, -0.05) is 0 Å². The second kappa shape index (κ2) is 10.3. The summed E-state index contributed by atoms with van der Waals surface area (Å²) >= 11 is 0. The Labute approximate surface area is 126 Å². The lowest BCUT2D eigenvalue weighted by Gasteiger charge is -2.16. The molecule has 0 bridgehead atoms. The number of nitrogens with one attached hydrogen (secondary N) is 1. The fraction of sp³-hybridized carbons (Fsp3) is 0.600. The standard InChI is InChI=1S/C15H25NO5/c1-4-20-7-8-21-11-12(17)10-16-14-6-5-13(18-2)9-15(14)19-3/h5-6,9,12,16-17H,4,7-8,10-11H2,1-3H3. The molecule has 1 atom stereocenters. The molecule has 120 valence electrons. The second-order valence-electron chi connectivity index (χ2n) is 4.37. The molecule has 1 aromatic carbocycles. The summed E-state index contributed by atoms with van der Waals surface area (Å²) in [6.45, 7) is 4.27. The van der Waals surface area contributed by atoms with E-state index in [0.717, 1.165) is 11.4 Å². The molecule has 1 rings (SSSR count). The molecule has 0 aromatic heterocycles. The van der Waals surface area contributed by atoms with E-state index in [1.165, 1.54) is 0 Å². The van der Waals surface area contributed by atoms with Crippen LogP contribution in [0, 0.1) is 0 Å². The summed E-state index contributed by atoms with van der Waals surface area (Å²) in [4.78, 5) is 0. The average molecular weight is 299 g/mol. The van der Waals surface area contributed by atoms with Crippen LogP contribution in [0.4, 0.5) is 5.69 Å². The topological polar surface area (TPSA) is 69.2 Å². The van der Waals surface area contributed by atoms with E-state index in [1.807, 2.05) is 19.1 Å². The van der Waals surface area contributed by atoms with Gasteiger partial charge in [-0.3, -0.25) is 0 Å². The zero-order chi connectivity index (χ0) is 15.5. The van der Waals surface area contributed by atoms with Gasteiger partial charge in [-0.15, -0.1) is 0 Å². The monoisotopic (exact) mass is 299 g/mol. The second-order valence-corrected chi connectivity index (χ2v) is 4.37. The van der Waals surface area contributed by atoms with Gasteiger partial charge >= 0.3 is 0 Å². The van der Waals surface area contributed by atoms with E-state index in [9.17, 15) is 5.11 Å². The average Bonchev–Trinajstić information content (AvgIpc) is 2.52. The number of hydrogen-bond acceptors (Lipinski definition) is 6.